The molecule has 0 bridgehead atoms. The predicted molar refractivity (Wildman–Crippen MR) is 213 cm³/mol. The molecule has 0 heterocycles. The van der Waals surface area contributed by atoms with Crippen LogP contribution in [0.2, 0.25) is 0 Å². The van der Waals surface area contributed by atoms with Crippen LogP contribution < -0.4 is 0 Å². The third kappa shape index (κ3) is 4.63. The van der Waals surface area contributed by atoms with Crippen LogP contribution in [0.1, 0.15) is 31.4 Å². The summed E-state index contributed by atoms with van der Waals surface area (Å²) < 4.78 is -3.05. The second-order valence-corrected chi connectivity index (χ2v) is 27.8. The summed E-state index contributed by atoms with van der Waals surface area (Å²) in [5, 5.41) is 2.32. The number of rotatable bonds is 4. The largest absolute Gasteiger partial charge is 0.134 e. The average Bonchev–Trinajstić information content (AvgIpc) is 2.85. The number of alkyl halides is 11. The normalized spacial score (nSPS) is 30.6. The lowest BCUT2D eigenvalue weighted by molar-refractivity contribution is 0.416. The highest BCUT2D eigenvalue weighted by atomic mass is 79.9. The van der Waals surface area contributed by atoms with E-state index in [1.54, 1.807) is 0 Å². The summed E-state index contributed by atoms with van der Waals surface area (Å²) in [6, 6.07) is 13.1. The molecule has 0 N–H and O–H groups in total. The molecule has 0 saturated heterocycles. The molecule has 3 atom stereocenters. The van der Waals surface area contributed by atoms with Crippen LogP contribution in [0.5, 0.6) is 0 Å². The van der Waals surface area contributed by atoms with Crippen molar-refractivity contribution in [2.24, 2.45) is 0 Å². The van der Waals surface area contributed by atoms with E-state index >= 15 is 0 Å². The molecule has 4 rings (SSSR count). The summed E-state index contributed by atoms with van der Waals surface area (Å²) in [5.74, 6) is 0. The monoisotopic (exact) mass is 1340 g/mol. The molecule has 1 saturated carbocycles. The second-order valence-electron chi connectivity index (χ2n) is 9.13. The molecular formula is C25H17Br13. The van der Waals surface area contributed by atoms with Crippen molar-refractivity contribution in [2.45, 2.75) is 53.1 Å². The molecule has 0 radical (unpaired) electrons. The van der Waals surface area contributed by atoms with E-state index in [1.807, 2.05) is 0 Å². The number of halogens is 13. The summed E-state index contributed by atoms with van der Waals surface area (Å²) in [5.41, 5.74) is 4.62. The van der Waals surface area contributed by atoms with Crippen molar-refractivity contribution < 1.29 is 0 Å². The molecule has 3 unspecified atom stereocenters. The molecule has 2 aliphatic carbocycles. The summed E-state index contributed by atoms with van der Waals surface area (Å²) in [6.07, 6.45) is 1.83. The first-order chi connectivity index (χ1) is 17.3. The minimum absolute atomic E-state index is 0.109. The Morgan fingerprint density at radius 3 is 1.92 bits per heavy atom. The van der Waals surface area contributed by atoms with E-state index in [0.717, 1.165) is 38.3 Å². The average molecular weight is 1360 g/mol. The zero-order valence-corrected chi connectivity index (χ0v) is 40.0. The lowest BCUT2D eigenvalue weighted by atomic mass is 9.68. The quantitative estimate of drug-likeness (QED) is 0.268. The van der Waals surface area contributed by atoms with Crippen molar-refractivity contribution in [2.75, 3.05) is 0 Å². The molecule has 2 aromatic carbocycles. The van der Waals surface area contributed by atoms with Crippen LogP contribution in [-0.4, -0.2) is 23.2 Å². The van der Waals surface area contributed by atoms with Crippen LogP contribution >= 0.6 is 207 Å². The van der Waals surface area contributed by atoms with E-state index in [2.05, 4.69) is 257 Å². The van der Waals surface area contributed by atoms with Gasteiger partial charge in [0.25, 0.3) is 0 Å². The molecule has 0 spiro atoms. The molecule has 0 aromatic heterocycles. The van der Waals surface area contributed by atoms with E-state index in [4.69, 9.17) is 0 Å². The molecule has 0 nitrogen and oxygen atoms in total. The fraction of sp³-hybridized carbons (Fsp3) is 0.440. The first-order valence-corrected chi connectivity index (χ1v) is 21.6. The number of hydrogen-bond acceptors (Lipinski definition) is 0. The predicted octanol–water partition coefficient (Wildman–Crippen LogP) is 14.6. The van der Waals surface area contributed by atoms with Gasteiger partial charge in [0, 0.05) is 8.96 Å². The molecular weight excluding hydrogens is 1340 g/mol. The Balaban J connectivity index is 2.19. The maximum atomic E-state index is 4.36. The lowest BCUT2D eigenvalue weighted by Gasteiger charge is -2.68. The van der Waals surface area contributed by atoms with Gasteiger partial charge in [0.05, 0.1) is 9.15 Å². The second kappa shape index (κ2) is 11.9. The van der Waals surface area contributed by atoms with E-state index in [-0.39, 0.29) is 4.83 Å². The van der Waals surface area contributed by atoms with Crippen LogP contribution in [0.3, 0.4) is 0 Å². The van der Waals surface area contributed by atoms with Crippen molar-refractivity contribution in [3.8, 4) is 0 Å². The molecule has 38 heavy (non-hydrogen) atoms. The lowest BCUT2D eigenvalue weighted by Crippen LogP contribution is -2.77. The zero-order valence-electron chi connectivity index (χ0n) is 19.4. The number of aryl methyl sites for hydroxylation is 1. The Labute approximate surface area is 332 Å². The Morgan fingerprint density at radius 1 is 0.763 bits per heavy atom. The number of fused-ring (bicyclic) bond motifs is 2. The first kappa shape index (κ1) is 35.3. The van der Waals surface area contributed by atoms with E-state index in [0.29, 0.717) is 0 Å². The van der Waals surface area contributed by atoms with Crippen LogP contribution in [-0.2, 0) is 9.65 Å². The first-order valence-electron chi connectivity index (χ1n) is 11.2. The summed E-state index contributed by atoms with van der Waals surface area (Å²) >= 11 is 53.9. The van der Waals surface area contributed by atoms with E-state index < -0.39 is 21.6 Å². The fourth-order valence-corrected chi connectivity index (χ4v) is 20.7. The number of hydrogen-bond donors (Lipinski definition) is 0. The Morgan fingerprint density at radius 2 is 1.37 bits per heavy atom. The SMILES string of the molecule is CCC1=C(Br)C(Br)=C2C(Br)(C1Br)C(Br)(Br)C(Br)(Br)C(Br)(Br)C2(Br)C(Br)(Br)c1cccc2cc(CC)ccc12. The Hall–Kier alpha value is 4.42. The van der Waals surface area contributed by atoms with E-state index in [1.165, 1.54) is 16.5 Å². The standard InChI is InChI=1S/C25H17Br13/c1-3-11-8-9-14-12(10-11)6-5-7-15(14)22(31,32)21(30)18-17(27)16(26)13(4-2)19(28)20(18,29)23(33,34)25(37,38)24(21,35)36/h5-10,19H,3-4H2,1-2H3. The minimum Gasteiger partial charge on any atom is -0.0822 e. The summed E-state index contributed by atoms with van der Waals surface area (Å²) in [4.78, 5) is -0.109. The minimum atomic E-state index is -0.907. The molecule has 2 aliphatic rings. The highest BCUT2D eigenvalue weighted by molar-refractivity contribution is 9.34. The van der Waals surface area contributed by atoms with Gasteiger partial charge < -0.3 is 0 Å². The van der Waals surface area contributed by atoms with Crippen LogP contribution in [0.15, 0.2) is 56.5 Å². The summed E-state index contributed by atoms with van der Waals surface area (Å²) in [7, 11) is 0. The van der Waals surface area contributed by atoms with Gasteiger partial charge in [-0.1, -0.05) is 225 Å². The Kier molecular flexibility index (Phi) is 11.0. The molecule has 13 heteroatoms. The zero-order chi connectivity index (χ0) is 28.9. The summed E-state index contributed by atoms with van der Waals surface area (Å²) in [6.45, 7) is 4.34. The van der Waals surface area contributed by atoms with Gasteiger partial charge in [-0.05, 0) is 77.7 Å². The van der Waals surface area contributed by atoms with Crippen molar-refractivity contribution >= 4 is 218 Å². The molecule has 0 aliphatic heterocycles. The number of benzene rings is 2. The smallest absolute Gasteiger partial charge is 0.0822 e. The highest BCUT2D eigenvalue weighted by Crippen LogP contribution is 2.83. The van der Waals surface area contributed by atoms with Crippen molar-refractivity contribution in [1.29, 1.82) is 0 Å². The highest BCUT2D eigenvalue weighted by Gasteiger charge is 2.84. The van der Waals surface area contributed by atoms with Gasteiger partial charge in [0.2, 0.25) is 0 Å². The van der Waals surface area contributed by atoms with Crippen LogP contribution in [0, 0.1) is 0 Å². The van der Waals surface area contributed by atoms with Gasteiger partial charge in [0.15, 0.2) is 0 Å². The van der Waals surface area contributed by atoms with E-state index in [9.17, 15) is 0 Å². The maximum absolute atomic E-state index is 4.36. The maximum Gasteiger partial charge on any atom is 0.134 e. The third-order valence-corrected chi connectivity index (χ3v) is 31.1. The van der Waals surface area contributed by atoms with Gasteiger partial charge in [-0.2, -0.15) is 0 Å². The molecule has 2 aromatic rings. The number of allylic oxidation sites excluding steroid dienone is 4. The van der Waals surface area contributed by atoms with Gasteiger partial charge >= 0.3 is 0 Å². The fourth-order valence-electron chi connectivity index (χ4n) is 5.11. The molecule has 0 amide bonds. The third-order valence-electron chi connectivity index (χ3n) is 7.24. The Bertz CT molecular complexity index is 1370. The van der Waals surface area contributed by atoms with Gasteiger partial charge in [-0.3, -0.25) is 0 Å². The van der Waals surface area contributed by atoms with Crippen LogP contribution in [0.4, 0.5) is 0 Å². The molecule has 208 valence electrons. The van der Waals surface area contributed by atoms with Crippen LogP contribution in [0.25, 0.3) is 10.8 Å². The van der Waals surface area contributed by atoms with Gasteiger partial charge in [-0.25, -0.2) is 0 Å². The van der Waals surface area contributed by atoms with Crippen molar-refractivity contribution in [3.05, 3.63) is 67.6 Å². The molecule has 1 fully saturated rings. The van der Waals surface area contributed by atoms with Gasteiger partial charge in [-0.15, -0.1) is 0 Å². The van der Waals surface area contributed by atoms with Crippen molar-refractivity contribution in [3.63, 3.8) is 0 Å². The topological polar surface area (TPSA) is 0 Å². The van der Waals surface area contributed by atoms with Crippen molar-refractivity contribution in [1.82, 2.24) is 0 Å². The van der Waals surface area contributed by atoms with Gasteiger partial charge in [0.1, 0.15) is 17.3 Å².